The second-order valence-corrected chi connectivity index (χ2v) is 18.6. The number of benzene rings is 7. The Morgan fingerprint density at radius 1 is 0.625 bits per heavy atom. The maximum Gasteiger partial charge on any atom is 0.135 e. The van der Waals surface area contributed by atoms with Crippen molar-refractivity contribution in [3.05, 3.63) is 210 Å². The molecular formula is C57H45N4OPtS-3. The van der Waals surface area contributed by atoms with E-state index in [4.69, 9.17) is 9.72 Å². The number of anilines is 2. The summed E-state index contributed by atoms with van der Waals surface area (Å²) in [5.74, 6) is 2.04. The predicted octanol–water partition coefficient (Wildman–Crippen LogP) is 15.1. The van der Waals surface area contributed by atoms with Crippen LogP contribution in [0.5, 0.6) is 11.5 Å². The summed E-state index contributed by atoms with van der Waals surface area (Å²) in [6.07, 6.45) is 1.92. The Bertz CT molecular complexity index is 3410. The molecule has 0 saturated heterocycles. The minimum absolute atomic E-state index is 0. The van der Waals surface area contributed by atoms with Crippen LogP contribution >= 0.6 is 11.3 Å². The van der Waals surface area contributed by atoms with E-state index in [1.54, 1.807) is 0 Å². The number of hydrogen-bond acceptors (Lipinski definition) is 5. The van der Waals surface area contributed by atoms with Crippen LogP contribution < -0.4 is 14.5 Å². The molecule has 0 aliphatic carbocycles. The topological polar surface area (TPSA) is 33.5 Å². The molecule has 10 aromatic rings. The summed E-state index contributed by atoms with van der Waals surface area (Å²) in [6.45, 7) is 15.5. The van der Waals surface area contributed by atoms with Gasteiger partial charge in [0.15, 0.2) is 0 Å². The molecule has 64 heavy (non-hydrogen) atoms. The number of rotatable bonds is 7. The van der Waals surface area contributed by atoms with Gasteiger partial charge in [-0.2, -0.15) is 12.1 Å². The first kappa shape index (κ1) is 41.5. The van der Waals surface area contributed by atoms with E-state index in [-0.39, 0.29) is 26.5 Å². The van der Waals surface area contributed by atoms with E-state index >= 15 is 0 Å². The van der Waals surface area contributed by atoms with Crippen molar-refractivity contribution < 1.29 is 25.8 Å². The van der Waals surface area contributed by atoms with Crippen molar-refractivity contribution >= 4 is 76.1 Å². The van der Waals surface area contributed by atoms with E-state index in [2.05, 4.69) is 208 Å². The first-order valence-electron chi connectivity index (χ1n) is 21.4. The largest absolute Gasteiger partial charge is 0.509 e. The Labute approximate surface area is 393 Å². The molecule has 0 N–H and O–H groups in total. The summed E-state index contributed by atoms with van der Waals surface area (Å²) in [5, 5.41) is 4.84. The Morgan fingerprint density at radius 3 is 2.00 bits per heavy atom. The normalized spacial score (nSPS) is 13.2. The number of ether oxygens (including phenoxy) is 1. The van der Waals surface area contributed by atoms with E-state index in [0.29, 0.717) is 11.5 Å². The molecule has 0 atom stereocenters. The minimum Gasteiger partial charge on any atom is -0.509 e. The molecule has 0 saturated carbocycles. The SMILES string of the molecule is Cc1cc(C)c(N2[CH-]N(c3[c-]c(Oc4[c-]c5c(cc4)c4c6sc7ccccc7c6ccc4n5-c4cc(C(C)(C)C)ccn4)ccc3)C(c3ccccc3)=C2c2ccccc2)c(C)c1.[Pt]. The Morgan fingerprint density at radius 2 is 1.28 bits per heavy atom. The Hall–Kier alpha value is -6.46. The fourth-order valence-corrected chi connectivity index (χ4v) is 10.6. The third kappa shape index (κ3) is 7.10. The molecule has 1 aliphatic rings. The zero-order chi connectivity index (χ0) is 43.0. The molecule has 5 nitrogen and oxygen atoms in total. The van der Waals surface area contributed by atoms with Crippen LogP contribution in [0.2, 0.25) is 0 Å². The van der Waals surface area contributed by atoms with Crippen LogP contribution in [-0.2, 0) is 26.5 Å². The second kappa shape index (κ2) is 16.3. The molecule has 0 bridgehead atoms. The Kier molecular flexibility index (Phi) is 10.6. The van der Waals surface area contributed by atoms with Gasteiger partial charge in [0.25, 0.3) is 0 Å². The first-order chi connectivity index (χ1) is 30.6. The van der Waals surface area contributed by atoms with E-state index in [9.17, 15) is 0 Å². The summed E-state index contributed by atoms with van der Waals surface area (Å²) in [5.41, 5.74) is 13.2. The zero-order valence-electron chi connectivity index (χ0n) is 36.5. The quantitative estimate of drug-likeness (QED) is 0.149. The zero-order valence-corrected chi connectivity index (χ0v) is 39.6. The van der Waals surface area contributed by atoms with Crippen molar-refractivity contribution in [1.29, 1.82) is 0 Å². The average Bonchev–Trinajstić information content (AvgIpc) is 3.96. The number of nitrogens with zero attached hydrogens (tertiary/aromatic N) is 4. The standard InChI is InChI=1S/C57H45N4OS.Pt/c1-36-30-37(2)53(38(3)31-36)60-35-59(54(39-16-9-7-10-17-39)55(60)40-18-11-8-12-19-40)42-20-15-21-43(33-42)62-44-24-25-47-49(34-44)61(51-32-41(28-29-58-51)57(4,5)6)48-27-26-46-45-22-13-14-23-50(45)63-56(46)52(47)48;/h7-32,35H,1-6H3;/q-3;. The molecule has 3 aromatic heterocycles. The molecule has 0 amide bonds. The fraction of sp³-hybridized carbons (Fsp3) is 0.123. The van der Waals surface area contributed by atoms with Gasteiger partial charge in [-0.3, -0.25) is 0 Å². The predicted molar refractivity (Wildman–Crippen MR) is 264 cm³/mol. The molecule has 318 valence electrons. The Balaban J connectivity index is 0.00000484. The number of pyridine rings is 1. The van der Waals surface area contributed by atoms with Crippen LogP contribution in [0.25, 0.3) is 59.2 Å². The molecule has 7 aromatic carbocycles. The smallest absolute Gasteiger partial charge is 0.135 e. The monoisotopic (exact) mass is 1030 g/mol. The van der Waals surface area contributed by atoms with Crippen molar-refractivity contribution in [3.8, 4) is 17.3 Å². The van der Waals surface area contributed by atoms with Gasteiger partial charge in [-0.25, -0.2) is 4.98 Å². The van der Waals surface area contributed by atoms with Gasteiger partial charge in [0, 0.05) is 81.5 Å². The minimum atomic E-state index is -0.0486. The maximum absolute atomic E-state index is 6.79. The summed E-state index contributed by atoms with van der Waals surface area (Å²) in [6, 6.07) is 61.1. The maximum atomic E-state index is 6.79. The van der Waals surface area contributed by atoms with Crippen molar-refractivity contribution in [3.63, 3.8) is 0 Å². The van der Waals surface area contributed by atoms with Crippen molar-refractivity contribution in [2.45, 2.75) is 47.0 Å². The van der Waals surface area contributed by atoms with Crippen LogP contribution in [0, 0.1) is 39.6 Å². The van der Waals surface area contributed by atoms with Crippen molar-refractivity contribution in [2.24, 2.45) is 0 Å². The second-order valence-electron chi connectivity index (χ2n) is 17.5. The molecule has 7 heteroatoms. The molecule has 0 spiro atoms. The molecule has 11 rings (SSSR count). The third-order valence-corrected chi connectivity index (χ3v) is 13.3. The van der Waals surface area contributed by atoms with Gasteiger partial charge in [-0.15, -0.1) is 59.4 Å². The number of hydrogen-bond donors (Lipinski definition) is 0. The van der Waals surface area contributed by atoms with Gasteiger partial charge in [0.05, 0.1) is 0 Å². The summed E-state index contributed by atoms with van der Waals surface area (Å²) < 4.78 is 11.6. The van der Waals surface area contributed by atoms with Crippen molar-refractivity contribution in [1.82, 2.24) is 9.55 Å². The number of fused-ring (bicyclic) bond motifs is 7. The molecule has 1 aliphatic heterocycles. The van der Waals surface area contributed by atoms with E-state index in [1.165, 1.54) is 47.8 Å². The van der Waals surface area contributed by atoms with Crippen LogP contribution in [0.1, 0.15) is 54.2 Å². The molecule has 0 radical (unpaired) electrons. The molecule has 0 unspecified atom stereocenters. The van der Waals surface area contributed by atoms with Gasteiger partial charge >= 0.3 is 0 Å². The van der Waals surface area contributed by atoms with E-state index in [0.717, 1.165) is 56.1 Å². The van der Waals surface area contributed by atoms with Crippen LogP contribution in [0.3, 0.4) is 0 Å². The van der Waals surface area contributed by atoms with Crippen molar-refractivity contribution in [2.75, 3.05) is 9.80 Å². The molecular weight excluding hydrogens is 984 g/mol. The molecule has 4 heterocycles. The van der Waals surface area contributed by atoms with E-state index < -0.39 is 0 Å². The van der Waals surface area contributed by atoms with Crippen LogP contribution in [0.15, 0.2) is 158 Å². The van der Waals surface area contributed by atoms with Crippen LogP contribution in [-0.4, -0.2) is 9.55 Å². The molecule has 0 fully saturated rings. The van der Waals surface area contributed by atoms with Gasteiger partial charge < -0.3 is 19.1 Å². The summed E-state index contributed by atoms with van der Waals surface area (Å²) in [7, 11) is 0. The number of thiophene rings is 1. The summed E-state index contributed by atoms with van der Waals surface area (Å²) in [4.78, 5) is 9.57. The number of aryl methyl sites for hydroxylation is 3. The van der Waals surface area contributed by atoms with Gasteiger partial charge in [0.1, 0.15) is 5.82 Å². The first-order valence-corrected chi connectivity index (χ1v) is 22.3. The average molecular weight is 1030 g/mol. The fourth-order valence-electron chi connectivity index (χ4n) is 9.35. The summed E-state index contributed by atoms with van der Waals surface area (Å²) >= 11 is 1.84. The van der Waals surface area contributed by atoms with Gasteiger partial charge in [-0.1, -0.05) is 129 Å². The van der Waals surface area contributed by atoms with Gasteiger partial charge in [-0.05, 0) is 83.7 Å². The number of aromatic nitrogens is 2. The van der Waals surface area contributed by atoms with E-state index in [1.807, 2.05) is 35.7 Å². The third-order valence-electron chi connectivity index (χ3n) is 12.1. The van der Waals surface area contributed by atoms with Gasteiger partial charge in [0.2, 0.25) is 0 Å². The van der Waals surface area contributed by atoms with Crippen LogP contribution in [0.4, 0.5) is 11.4 Å².